The lowest BCUT2D eigenvalue weighted by atomic mass is 10.1. The lowest BCUT2D eigenvalue weighted by molar-refractivity contribution is 0.624. The zero-order chi connectivity index (χ0) is 8.27. The normalized spacial score (nSPS) is 10.1. The minimum absolute atomic E-state index is 0.220. The molecular weight excluding hydrogens is 209 g/mol. The molecule has 11 heavy (non-hydrogen) atoms. The summed E-state index contributed by atoms with van der Waals surface area (Å²) in [5.74, 6) is -0.220. The highest BCUT2D eigenvalue weighted by Gasteiger charge is 1.96. The van der Waals surface area contributed by atoms with Crippen LogP contribution in [0.2, 0.25) is 0 Å². The van der Waals surface area contributed by atoms with Gasteiger partial charge in [0.05, 0.1) is 0 Å². The molecule has 1 aromatic carbocycles. The predicted molar refractivity (Wildman–Crippen MR) is 46.9 cm³/mol. The summed E-state index contributed by atoms with van der Waals surface area (Å²) in [5.41, 5.74) is 6.25. The van der Waals surface area contributed by atoms with E-state index < -0.39 is 0 Å². The van der Waals surface area contributed by atoms with Crippen LogP contribution in [0.1, 0.15) is 5.56 Å². The van der Waals surface area contributed by atoms with E-state index in [2.05, 4.69) is 15.9 Å². The van der Waals surface area contributed by atoms with Crippen LogP contribution in [0.15, 0.2) is 22.7 Å². The van der Waals surface area contributed by atoms with E-state index in [1.165, 1.54) is 12.1 Å². The van der Waals surface area contributed by atoms with Crippen molar-refractivity contribution in [3.8, 4) is 0 Å². The Balaban J connectivity index is 2.89. The van der Waals surface area contributed by atoms with E-state index >= 15 is 0 Å². The quantitative estimate of drug-likeness (QED) is 0.807. The maximum atomic E-state index is 12.7. The number of nitrogens with two attached hydrogens (primary N) is 1. The predicted octanol–water partition coefficient (Wildman–Crippen LogP) is 2.09. The van der Waals surface area contributed by atoms with Crippen molar-refractivity contribution in [2.45, 2.75) is 6.42 Å². The molecule has 0 unspecified atom stereocenters. The van der Waals surface area contributed by atoms with Gasteiger partial charge in [-0.1, -0.05) is 15.9 Å². The summed E-state index contributed by atoms with van der Waals surface area (Å²) in [6, 6.07) is 4.80. The first-order chi connectivity index (χ1) is 5.22. The molecule has 0 saturated carbocycles. The minimum atomic E-state index is -0.220. The van der Waals surface area contributed by atoms with Gasteiger partial charge in [-0.15, -0.1) is 0 Å². The van der Waals surface area contributed by atoms with Crippen LogP contribution in [-0.4, -0.2) is 6.54 Å². The maximum absolute atomic E-state index is 12.7. The molecule has 0 aliphatic heterocycles. The van der Waals surface area contributed by atoms with Crippen LogP contribution in [0.5, 0.6) is 0 Å². The van der Waals surface area contributed by atoms with E-state index in [1.807, 2.05) is 6.07 Å². The molecule has 0 atom stereocenters. The van der Waals surface area contributed by atoms with Crippen molar-refractivity contribution in [3.63, 3.8) is 0 Å². The number of halogens is 2. The third-order valence-corrected chi connectivity index (χ3v) is 1.81. The molecule has 3 heteroatoms. The largest absolute Gasteiger partial charge is 0.330 e. The number of rotatable bonds is 2. The van der Waals surface area contributed by atoms with Gasteiger partial charge in [-0.2, -0.15) is 0 Å². The first-order valence-corrected chi connectivity index (χ1v) is 4.16. The van der Waals surface area contributed by atoms with Gasteiger partial charge in [0.25, 0.3) is 0 Å². The Morgan fingerprint density at radius 2 is 2.09 bits per heavy atom. The van der Waals surface area contributed by atoms with Crippen LogP contribution < -0.4 is 5.73 Å². The summed E-state index contributed by atoms with van der Waals surface area (Å²) in [6.07, 6.45) is 0.719. The Kier molecular flexibility index (Phi) is 3.02. The fraction of sp³-hybridized carbons (Fsp3) is 0.250. The molecule has 0 aromatic heterocycles. The average molecular weight is 218 g/mol. The third kappa shape index (κ3) is 2.60. The number of benzene rings is 1. The first kappa shape index (κ1) is 8.68. The average Bonchev–Trinajstić information content (AvgIpc) is 1.85. The van der Waals surface area contributed by atoms with Crippen molar-refractivity contribution in [2.75, 3.05) is 6.54 Å². The van der Waals surface area contributed by atoms with E-state index in [9.17, 15) is 4.39 Å². The van der Waals surface area contributed by atoms with Crippen LogP contribution in [0.3, 0.4) is 0 Å². The monoisotopic (exact) mass is 217 g/mol. The van der Waals surface area contributed by atoms with Crippen LogP contribution in [0, 0.1) is 5.82 Å². The second-order valence-electron chi connectivity index (χ2n) is 2.32. The third-order valence-electron chi connectivity index (χ3n) is 1.36. The van der Waals surface area contributed by atoms with E-state index in [0.29, 0.717) is 6.54 Å². The summed E-state index contributed by atoms with van der Waals surface area (Å²) in [7, 11) is 0. The molecule has 0 saturated heterocycles. The number of hydrogen-bond acceptors (Lipinski definition) is 1. The van der Waals surface area contributed by atoms with Crippen LogP contribution in [-0.2, 0) is 6.42 Å². The van der Waals surface area contributed by atoms with Crippen molar-refractivity contribution in [1.29, 1.82) is 0 Å². The molecule has 0 fully saturated rings. The Labute approximate surface area is 73.5 Å². The lowest BCUT2D eigenvalue weighted by Crippen LogP contribution is -2.02. The summed E-state index contributed by atoms with van der Waals surface area (Å²) in [5, 5.41) is 0. The van der Waals surface area contributed by atoms with Gasteiger partial charge < -0.3 is 5.73 Å². The van der Waals surface area contributed by atoms with Crippen molar-refractivity contribution >= 4 is 15.9 Å². The molecule has 0 radical (unpaired) electrons. The maximum Gasteiger partial charge on any atom is 0.124 e. The fourth-order valence-electron chi connectivity index (χ4n) is 0.922. The topological polar surface area (TPSA) is 26.0 Å². The van der Waals surface area contributed by atoms with Crippen molar-refractivity contribution in [2.24, 2.45) is 5.73 Å². The molecule has 60 valence electrons. The zero-order valence-corrected chi connectivity index (χ0v) is 7.57. The van der Waals surface area contributed by atoms with Gasteiger partial charge >= 0.3 is 0 Å². The second-order valence-corrected chi connectivity index (χ2v) is 3.23. The van der Waals surface area contributed by atoms with E-state index in [1.54, 1.807) is 0 Å². The van der Waals surface area contributed by atoms with Gasteiger partial charge in [0.2, 0.25) is 0 Å². The van der Waals surface area contributed by atoms with Crippen LogP contribution >= 0.6 is 15.9 Å². The van der Waals surface area contributed by atoms with Gasteiger partial charge in [-0.3, -0.25) is 0 Å². The Morgan fingerprint density at radius 1 is 1.36 bits per heavy atom. The molecule has 1 nitrogen and oxygen atoms in total. The summed E-state index contributed by atoms with van der Waals surface area (Å²) < 4.78 is 13.4. The summed E-state index contributed by atoms with van der Waals surface area (Å²) in [6.45, 7) is 0.551. The second kappa shape index (κ2) is 3.83. The van der Waals surface area contributed by atoms with Gasteiger partial charge in [-0.25, -0.2) is 4.39 Å². The van der Waals surface area contributed by atoms with Gasteiger partial charge in [-0.05, 0) is 36.7 Å². The van der Waals surface area contributed by atoms with Crippen molar-refractivity contribution in [3.05, 3.63) is 34.1 Å². The zero-order valence-electron chi connectivity index (χ0n) is 5.98. The lowest BCUT2D eigenvalue weighted by Gasteiger charge is -1.99. The summed E-state index contributed by atoms with van der Waals surface area (Å²) >= 11 is 3.20. The highest BCUT2D eigenvalue weighted by molar-refractivity contribution is 9.10. The van der Waals surface area contributed by atoms with E-state index in [0.717, 1.165) is 16.5 Å². The molecule has 0 aliphatic rings. The number of hydrogen-bond donors (Lipinski definition) is 1. The minimum Gasteiger partial charge on any atom is -0.330 e. The van der Waals surface area contributed by atoms with Crippen molar-refractivity contribution in [1.82, 2.24) is 0 Å². The Bertz CT molecular complexity index is 230. The molecule has 1 rings (SSSR count). The molecule has 0 heterocycles. The molecule has 2 N–H and O–H groups in total. The highest BCUT2D eigenvalue weighted by atomic mass is 79.9. The Morgan fingerprint density at radius 3 is 2.64 bits per heavy atom. The van der Waals surface area contributed by atoms with E-state index in [-0.39, 0.29) is 5.82 Å². The SMILES string of the molecule is NCCc1cc(F)cc(Br)c1. The van der Waals surface area contributed by atoms with Gasteiger partial charge in [0, 0.05) is 4.47 Å². The first-order valence-electron chi connectivity index (χ1n) is 3.37. The molecule has 0 aliphatic carbocycles. The van der Waals surface area contributed by atoms with Gasteiger partial charge in [0.1, 0.15) is 5.82 Å². The molecule has 0 amide bonds. The molecule has 0 spiro atoms. The van der Waals surface area contributed by atoms with Crippen LogP contribution in [0.4, 0.5) is 4.39 Å². The smallest absolute Gasteiger partial charge is 0.124 e. The van der Waals surface area contributed by atoms with E-state index in [4.69, 9.17) is 5.73 Å². The highest BCUT2D eigenvalue weighted by Crippen LogP contribution is 2.14. The summed E-state index contributed by atoms with van der Waals surface area (Å²) in [4.78, 5) is 0. The molecule has 1 aromatic rings. The van der Waals surface area contributed by atoms with Crippen LogP contribution in [0.25, 0.3) is 0 Å². The fourth-order valence-corrected chi connectivity index (χ4v) is 1.43. The standard InChI is InChI=1S/C8H9BrFN/c9-7-3-6(1-2-11)4-8(10)5-7/h3-5H,1-2,11H2. The molecular formula is C8H9BrFN. The molecule has 0 bridgehead atoms. The van der Waals surface area contributed by atoms with Gasteiger partial charge in [0.15, 0.2) is 0 Å². The van der Waals surface area contributed by atoms with Crippen molar-refractivity contribution < 1.29 is 4.39 Å². The Hall–Kier alpha value is -0.410.